The summed E-state index contributed by atoms with van der Waals surface area (Å²) in [4.78, 5) is 3.96. The first-order valence-corrected chi connectivity index (χ1v) is 5.96. The number of ether oxygens (including phenoxy) is 1. The number of alkyl halides is 3. The molecule has 2 rings (SSSR count). The second-order valence-electron chi connectivity index (χ2n) is 4.28. The lowest BCUT2D eigenvalue weighted by Gasteiger charge is -2.17. The van der Waals surface area contributed by atoms with E-state index < -0.39 is 23.6 Å². The van der Waals surface area contributed by atoms with Gasteiger partial charge in [0.2, 0.25) is 0 Å². The molecule has 0 bridgehead atoms. The van der Waals surface area contributed by atoms with Gasteiger partial charge in [0.05, 0.1) is 18.7 Å². The highest BCUT2D eigenvalue weighted by molar-refractivity contribution is 5.39. The fourth-order valence-electron chi connectivity index (χ4n) is 1.97. The van der Waals surface area contributed by atoms with Gasteiger partial charge in [-0.15, -0.1) is 0 Å². The third kappa shape index (κ3) is 2.97. The number of aromatic nitrogens is 1. The summed E-state index contributed by atoms with van der Waals surface area (Å²) in [6.45, 7) is 0. The van der Waals surface area contributed by atoms with Crippen LogP contribution in [0.4, 0.5) is 17.6 Å². The maximum absolute atomic E-state index is 14.1. The van der Waals surface area contributed by atoms with E-state index in [1.807, 2.05) is 0 Å². The highest BCUT2D eigenvalue weighted by Crippen LogP contribution is 2.35. The Morgan fingerprint density at radius 1 is 1.19 bits per heavy atom. The number of nitrogens with two attached hydrogens (primary N) is 1. The molecule has 1 atom stereocenters. The van der Waals surface area contributed by atoms with Crippen LogP contribution < -0.4 is 10.5 Å². The van der Waals surface area contributed by atoms with Gasteiger partial charge >= 0.3 is 6.18 Å². The molecule has 0 saturated heterocycles. The Bertz CT molecular complexity index is 643. The number of hydrogen-bond acceptors (Lipinski definition) is 3. The minimum Gasteiger partial charge on any atom is -0.495 e. The van der Waals surface area contributed by atoms with Crippen molar-refractivity contribution in [3.8, 4) is 5.75 Å². The SMILES string of the molecule is COc1cccnc1C(N)c1cccc(C(F)(F)F)c1F. The van der Waals surface area contributed by atoms with Crippen LogP contribution >= 0.6 is 0 Å². The van der Waals surface area contributed by atoms with Crippen molar-refractivity contribution in [2.45, 2.75) is 12.2 Å². The van der Waals surface area contributed by atoms with Crippen molar-refractivity contribution in [3.05, 3.63) is 59.2 Å². The lowest BCUT2D eigenvalue weighted by molar-refractivity contribution is -0.140. The number of hydrogen-bond donors (Lipinski definition) is 1. The van der Waals surface area contributed by atoms with Gasteiger partial charge in [-0.25, -0.2) is 4.39 Å². The Balaban J connectivity index is 2.52. The first-order chi connectivity index (χ1) is 9.86. The minimum absolute atomic E-state index is 0.165. The molecule has 0 fully saturated rings. The van der Waals surface area contributed by atoms with Crippen LogP contribution in [-0.2, 0) is 6.18 Å². The smallest absolute Gasteiger partial charge is 0.419 e. The van der Waals surface area contributed by atoms with E-state index in [0.29, 0.717) is 6.07 Å². The van der Waals surface area contributed by atoms with Crippen LogP contribution in [0.1, 0.15) is 22.9 Å². The zero-order chi connectivity index (χ0) is 15.6. The maximum atomic E-state index is 14.1. The van der Waals surface area contributed by atoms with Crippen LogP contribution in [0, 0.1) is 5.82 Å². The Hall–Kier alpha value is -2.15. The summed E-state index contributed by atoms with van der Waals surface area (Å²) < 4.78 is 57.3. The number of rotatable bonds is 3. The molecular formula is C14H12F4N2O. The Morgan fingerprint density at radius 3 is 2.52 bits per heavy atom. The van der Waals surface area contributed by atoms with Gasteiger partial charge in [-0.2, -0.15) is 13.2 Å². The highest BCUT2D eigenvalue weighted by atomic mass is 19.4. The first kappa shape index (κ1) is 15.2. The molecule has 0 aliphatic heterocycles. The predicted molar refractivity (Wildman–Crippen MR) is 68.2 cm³/mol. The van der Waals surface area contributed by atoms with E-state index in [0.717, 1.165) is 6.07 Å². The quantitative estimate of drug-likeness (QED) is 0.885. The molecule has 0 spiro atoms. The fourth-order valence-corrected chi connectivity index (χ4v) is 1.97. The van der Waals surface area contributed by atoms with Gasteiger partial charge < -0.3 is 10.5 Å². The van der Waals surface area contributed by atoms with Gasteiger partial charge in [-0.3, -0.25) is 4.98 Å². The van der Waals surface area contributed by atoms with Crippen LogP contribution in [-0.4, -0.2) is 12.1 Å². The molecule has 1 unspecified atom stereocenters. The maximum Gasteiger partial charge on any atom is 0.419 e. The Labute approximate surface area is 118 Å². The summed E-state index contributed by atoms with van der Waals surface area (Å²) in [6.07, 6.45) is -3.38. The van der Waals surface area contributed by atoms with Gasteiger partial charge in [0.25, 0.3) is 0 Å². The molecule has 2 aromatic rings. The van der Waals surface area contributed by atoms with Crippen molar-refractivity contribution in [1.29, 1.82) is 0 Å². The van der Waals surface area contributed by atoms with Crippen molar-refractivity contribution in [2.24, 2.45) is 5.73 Å². The highest BCUT2D eigenvalue weighted by Gasteiger charge is 2.35. The van der Waals surface area contributed by atoms with E-state index >= 15 is 0 Å². The monoisotopic (exact) mass is 300 g/mol. The van der Waals surface area contributed by atoms with E-state index in [1.54, 1.807) is 12.1 Å². The van der Waals surface area contributed by atoms with Gasteiger partial charge in [0.1, 0.15) is 17.3 Å². The van der Waals surface area contributed by atoms with Crippen LogP contribution in [0.25, 0.3) is 0 Å². The molecule has 0 saturated carbocycles. The molecule has 0 amide bonds. The van der Waals surface area contributed by atoms with Crippen LogP contribution in [0.15, 0.2) is 36.5 Å². The van der Waals surface area contributed by atoms with Crippen molar-refractivity contribution < 1.29 is 22.3 Å². The molecule has 0 radical (unpaired) electrons. The van der Waals surface area contributed by atoms with Gasteiger partial charge in [-0.05, 0) is 18.2 Å². The van der Waals surface area contributed by atoms with Crippen molar-refractivity contribution in [1.82, 2.24) is 4.98 Å². The molecule has 3 nitrogen and oxygen atoms in total. The van der Waals surface area contributed by atoms with Crippen LogP contribution in [0.2, 0.25) is 0 Å². The first-order valence-electron chi connectivity index (χ1n) is 5.96. The third-order valence-electron chi connectivity index (χ3n) is 2.98. The van der Waals surface area contributed by atoms with E-state index in [1.165, 1.54) is 19.4 Å². The number of methoxy groups -OCH3 is 1. The molecule has 1 aromatic heterocycles. The molecule has 1 aromatic carbocycles. The van der Waals surface area contributed by atoms with Crippen molar-refractivity contribution in [3.63, 3.8) is 0 Å². The average Bonchev–Trinajstić information content (AvgIpc) is 2.45. The summed E-state index contributed by atoms with van der Waals surface area (Å²) in [5.74, 6) is -1.12. The number of pyridine rings is 1. The molecule has 2 N–H and O–H groups in total. The van der Waals surface area contributed by atoms with Gasteiger partial charge in [-0.1, -0.05) is 12.1 Å². The Morgan fingerprint density at radius 2 is 1.90 bits per heavy atom. The second-order valence-corrected chi connectivity index (χ2v) is 4.28. The molecule has 21 heavy (non-hydrogen) atoms. The second kappa shape index (κ2) is 5.69. The van der Waals surface area contributed by atoms with Crippen molar-refractivity contribution >= 4 is 0 Å². The van der Waals surface area contributed by atoms with E-state index in [-0.39, 0.29) is 17.0 Å². The number of benzene rings is 1. The normalized spacial score (nSPS) is 13.0. The molecule has 0 aliphatic carbocycles. The van der Waals surface area contributed by atoms with Gasteiger partial charge in [0.15, 0.2) is 0 Å². The molecular weight excluding hydrogens is 288 g/mol. The average molecular weight is 300 g/mol. The lowest BCUT2D eigenvalue weighted by Crippen LogP contribution is -2.19. The minimum atomic E-state index is -4.78. The van der Waals surface area contributed by atoms with Crippen LogP contribution in [0.5, 0.6) is 5.75 Å². The van der Waals surface area contributed by atoms with Crippen molar-refractivity contribution in [2.75, 3.05) is 7.11 Å². The summed E-state index contributed by atoms with van der Waals surface area (Å²) >= 11 is 0. The standard InChI is InChI=1S/C14H12F4N2O/c1-21-10-6-3-7-20-13(10)12(19)8-4-2-5-9(11(8)15)14(16,17)18/h2-7,12H,19H2,1H3. The zero-order valence-corrected chi connectivity index (χ0v) is 11.0. The van der Waals surface area contributed by atoms with Gasteiger partial charge in [0, 0.05) is 11.8 Å². The summed E-state index contributed by atoms with van der Waals surface area (Å²) in [5.41, 5.74) is 4.37. The number of nitrogens with zero attached hydrogens (tertiary/aromatic N) is 1. The molecule has 1 heterocycles. The summed E-state index contributed by atoms with van der Waals surface area (Å²) in [5, 5.41) is 0. The largest absolute Gasteiger partial charge is 0.495 e. The van der Waals surface area contributed by atoms with E-state index in [4.69, 9.17) is 10.5 Å². The Kier molecular flexibility index (Phi) is 4.13. The molecule has 7 heteroatoms. The predicted octanol–water partition coefficient (Wildman–Crippen LogP) is 3.30. The molecule has 112 valence electrons. The fraction of sp³-hybridized carbons (Fsp3) is 0.214. The van der Waals surface area contributed by atoms with E-state index in [2.05, 4.69) is 4.98 Å². The third-order valence-corrected chi connectivity index (χ3v) is 2.98. The number of halogens is 4. The van der Waals surface area contributed by atoms with E-state index in [9.17, 15) is 17.6 Å². The zero-order valence-electron chi connectivity index (χ0n) is 11.0. The molecule has 0 aliphatic rings. The topological polar surface area (TPSA) is 48.1 Å². The lowest BCUT2D eigenvalue weighted by atomic mass is 10.00. The van der Waals surface area contributed by atoms with Crippen LogP contribution in [0.3, 0.4) is 0 Å². The summed E-state index contributed by atoms with van der Waals surface area (Å²) in [6, 6.07) is 4.94. The summed E-state index contributed by atoms with van der Waals surface area (Å²) in [7, 11) is 1.37.